The second-order valence-electron chi connectivity index (χ2n) is 6.49. The highest BCUT2D eigenvalue weighted by atomic mass is 35.5. The van der Waals surface area contributed by atoms with Gasteiger partial charge in [-0.2, -0.15) is 0 Å². The largest absolute Gasteiger partial charge is 0.374 e. The van der Waals surface area contributed by atoms with Crippen LogP contribution in [0.5, 0.6) is 0 Å². The number of nitrogens with zero attached hydrogens (tertiary/aromatic N) is 1. The lowest BCUT2D eigenvalue weighted by molar-refractivity contribution is 0.362. The molecule has 21 heavy (non-hydrogen) atoms. The number of nitrogens with two attached hydrogens (primary N) is 1. The van der Waals surface area contributed by atoms with Crippen molar-refractivity contribution in [3.63, 3.8) is 0 Å². The van der Waals surface area contributed by atoms with Gasteiger partial charge in [-0.25, -0.2) is 0 Å². The predicted molar refractivity (Wildman–Crippen MR) is 93.3 cm³/mol. The third kappa shape index (κ3) is 4.62. The molecule has 118 valence electrons. The molecule has 2 N–H and O–H groups in total. The molecular formula is C18H29ClN2. The van der Waals surface area contributed by atoms with Gasteiger partial charge in [0.25, 0.3) is 0 Å². The number of hydrogen-bond donors (Lipinski definition) is 1. The molecule has 1 aromatic carbocycles. The van der Waals surface area contributed by atoms with E-state index in [0.717, 1.165) is 30.3 Å². The van der Waals surface area contributed by atoms with Crippen molar-refractivity contribution in [1.29, 1.82) is 0 Å². The van der Waals surface area contributed by atoms with Crippen LogP contribution in [-0.4, -0.2) is 19.6 Å². The Morgan fingerprint density at radius 2 is 2.00 bits per heavy atom. The second kappa shape index (κ2) is 8.05. The molecule has 0 aromatic heterocycles. The smallest absolute Gasteiger partial charge is 0.0459 e. The molecule has 1 fully saturated rings. The molecule has 0 spiro atoms. The van der Waals surface area contributed by atoms with E-state index >= 15 is 0 Å². The third-order valence-corrected chi connectivity index (χ3v) is 5.11. The maximum Gasteiger partial charge on any atom is 0.0459 e. The molecule has 1 atom stereocenters. The van der Waals surface area contributed by atoms with Crippen molar-refractivity contribution >= 4 is 17.3 Å². The van der Waals surface area contributed by atoms with Gasteiger partial charge in [0.2, 0.25) is 0 Å². The normalized spacial score (nSPS) is 17.7. The molecule has 1 unspecified atom stereocenters. The van der Waals surface area contributed by atoms with Crippen LogP contribution >= 0.6 is 11.6 Å². The number of benzene rings is 1. The van der Waals surface area contributed by atoms with Crippen LogP contribution in [0.2, 0.25) is 5.02 Å². The zero-order valence-electron chi connectivity index (χ0n) is 13.4. The van der Waals surface area contributed by atoms with Crippen LogP contribution in [0.1, 0.15) is 51.0 Å². The standard InChI is InChI=1S/C18H29ClN2/c1-3-15(20)12-16-17(19)10-7-11-18(16)21(2)13-14-8-5-4-6-9-14/h7,10-11,14-15H,3-6,8-9,12-13,20H2,1-2H3. The predicted octanol–water partition coefficient (Wildman–Crippen LogP) is 4.64. The van der Waals surface area contributed by atoms with Gasteiger partial charge in [-0.3, -0.25) is 0 Å². The van der Waals surface area contributed by atoms with E-state index in [2.05, 4.69) is 31.0 Å². The lowest BCUT2D eigenvalue weighted by atomic mass is 9.89. The van der Waals surface area contributed by atoms with E-state index in [1.54, 1.807) is 0 Å². The summed E-state index contributed by atoms with van der Waals surface area (Å²) in [4.78, 5) is 2.39. The molecule has 0 saturated heterocycles. The minimum absolute atomic E-state index is 0.187. The lowest BCUT2D eigenvalue weighted by Crippen LogP contribution is -2.29. The van der Waals surface area contributed by atoms with Crippen LogP contribution in [0.3, 0.4) is 0 Å². The first-order chi connectivity index (χ1) is 10.1. The van der Waals surface area contributed by atoms with Crippen LogP contribution in [0.25, 0.3) is 0 Å². The van der Waals surface area contributed by atoms with E-state index < -0.39 is 0 Å². The second-order valence-corrected chi connectivity index (χ2v) is 6.90. The van der Waals surface area contributed by atoms with Gasteiger partial charge in [0.1, 0.15) is 0 Å². The summed E-state index contributed by atoms with van der Waals surface area (Å²) < 4.78 is 0. The van der Waals surface area contributed by atoms with E-state index in [1.807, 2.05) is 6.07 Å². The van der Waals surface area contributed by atoms with Gasteiger partial charge in [0.05, 0.1) is 0 Å². The Hall–Kier alpha value is -0.730. The summed E-state index contributed by atoms with van der Waals surface area (Å²) >= 11 is 6.44. The summed E-state index contributed by atoms with van der Waals surface area (Å²) in [5, 5.41) is 0.854. The zero-order valence-corrected chi connectivity index (χ0v) is 14.2. The van der Waals surface area contributed by atoms with Gasteiger partial charge in [-0.15, -0.1) is 0 Å². The highest BCUT2D eigenvalue weighted by molar-refractivity contribution is 6.31. The van der Waals surface area contributed by atoms with Crippen molar-refractivity contribution in [2.45, 2.75) is 57.9 Å². The summed E-state index contributed by atoms with van der Waals surface area (Å²) in [6.07, 6.45) is 8.78. The summed E-state index contributed by atoms with van der Waals surface area (Å²) in [5.74, 6) is 0.829. The fraction of sp³-hybridized carbons (Fsp3) is 0.667. The molecule has 1 aliphatic carbocycles. The maximum absolute atomic E-state index is 6.44. The Labute approximate surface area is 134 Å². The van der Waals surface area contributed by atoms with E-state index in [0.29, 0.717) is 0 Å². The zero-order chi connectivity index (χ0) is 15.2. The van der Waals surface area contributed by atoms with E-state index in [1.165, 1.54) is 43.4 Å². The molecule has 0 aliphatic heterocycles. The minimum atomic E-state index is 0.187. The fourth-order valence-corrected chi connectivity index (χ4v) is 3.62. The van der Waals surface area contributed by atoms with E-state index in [-0.39, 0.29) is 6.04 Å². The Morgan fingerprint density at radius 3 is 2.67 bits per heavy atom. The molecule has 2 nitrogen and oxygen atoms in total. The van der Waals surface area contributed by atoms with Gasteiger partial charge in [0.15, 0.2) is 0 Å². The molecule has 1 aliphatic rings. The molecule has 1 aromatic rings. The quantitative estimate of drug-likeness (QED) is 0.829. The summed E-state index contributed by atoms with van der Waals surface area (Å²) in [6, 6.07) is 6.41. The van der Waals surface area contributed by atoms with Gasteiger partial charge < -0.3 is 10.6 Å². The Morgan fingerprint density at radius 1 is 1.29 bits per heavy atom. The van der Waals surface area contributed by atoms with Gasteiger partial charge in [-0.05, 0) is 49.3 Å². The number of halogens is 1. The highest BCUT2D eigenvalue weighted by Gasteiger charge is 2.18. The fourth-order valence-electron chi connectivity index (χ4n) is 3.37. The summed E-state index contributed by atoms with van der Waals surface area (Å²) in [5.41, 5.74) is 8.63. The topological polar surface area (TPSA) is 29.3 Å². The van der Waals surface area contributed by atoms with E-state index in [9.17, 15) is 0 Å². The molecule has 0 radical (unpaired) electrons. The van der Waals surface area contributed by atoms with Crippen molar-refractivity contribution in [2.75, 3.05) is 18.5 Å². The van der Waals surface area contributed by atoms with Crippen LogP contribution < -0.4 is 10.6 Å². The summed E-state index contributed by atoms with van der Waals surface area (Å²) in [6.45, 7) is 3.27. The Balaban J connectivity index is 2.11. The van der Waals surface area contributed by atoms with Crippen molar-refractivity contribution in [2.24, 2.45) is 11.7 Å². The van der Waals surface area contributed by atoms with Crippen LogP contribution in [0.4, 0.5) is 5.69 Å². The highest BCUT2D eigenvalue weighted by Crippen LogP contribution is 2.31. The minimum Gasteiger partial charge on any atom is -0.374 e. The molecular weight excluding hydrogens is 280 g/mol. The first-order valence-corrected chi connectivity index (χ1v) is 8.73. The first kappa shape index (κ1) is 16.6. The average Bonchev–Trinajstić information content (AvgIpc) is 2.50. The third-order valence-electron chi connectivity index (χ3n) is 4.75. The lowest BCUT2D eigenvalue weighted by Gasteiger charge is -2.30. The monoisotopic (exact) mass is 308 g/mol. The SMILES string of the molecule is CCC(N)Cc1c(Cl)cccc1N(C)CC1CCCCC1. The van der Waals surface area contributed by atoms with Gasteiger partial charge in [0, 0.05) is 30.3 Å². The van der Waals surface area contributed by atoms with Gasteiger partial charge in [-0.1, -0.05) is 43.9 Å². The Bertz CT molecular complexity index is 441. The molecule has 0 heterocycles. The number of rotatable bonds is 6. The van der Waals surface area contributed by atoms with Crippen molar-refractivity contribution in [3.05, 3.63) is 28.8 Å². The van der Waals surface area contributed by atoms with Gasteiger partial charge >= 0.3 is 0 Å². The van der Waals surface area contributed by atoms with Crippen LogP contribution in [0, 0.1) is 5.92 Å². The van der Waals surface area contributed by atoms with Crippen molar-refractivity contribution in [1.82, 2.24) is 0 Å². The van der Waals surface area contributed by atoms with Crippen molar-refractivity contribution < 1.29 is 0 Å². The maximum atomic E-state index is 6.44. The molecule has 2 rings (SSSR count). The Kier molecular flexibility index (Phi) is 6.38. The first-order valence-electron chi connectivity index (χ1n) is 8.36. The van der Waals surface area contributed by atoms with E-state index in [4.69, 9.17) is 17.3 Å². The molecule has 0 bridgehead atoms. The summed E-state index contributed by atoms with van der Waals surface area (Å²) in [7, 11) is 2.20. The number of hydrogen-bond acceptors (Lipinski definition) is 2. The average molecular weight is 309 g/mol. The van der Waals surface area contributed by atoms with Crippen molar-refractivity contribution in [3.8, 4) is 0 Å². The molecule has 0 amide bonds. The molecule has 1 saturated carbocycles. The number of anilines is 1. The molecule has 3 heteroatoms. The van der Waals surface area contributed by atoms with Crippen LogP contribution in [0.15, 0.2) is 18.2 Å². The van der Waals surface area contributed by atoms with Crippen LogP contribution in [-0.2, 0) is 6.42 Å².